The Labute approximate surface area is 153 Å². The van der Waals surface area contributed by atoms with Crippen LogP contribution >= 0.6 is 0 Å². The van der Waals surface area contributed by atoms with E-state index in [9.17, 15) is 4.79 Å². The molecule has 26 heavy (non-hydrogen) atoms. The van der Waals surface area contributed by atoms with Gasteiger partial charge in [0.15, 0.2) is 5.82 Å². The molecular weight excluding hydrogens is 328 g/mol. The van der Waals surface area contributed by atoms with Crippen LogP contribution in [0.3, 0.4) is 0 Å². The first-order valence-corrected chi connectivity index (χ1v) is 8.40. The van der Waals surface area contributed by atoms with Gasteiger partial charge in [0.05, 0.1) is 30.1 Å². The molecule has 0 fully saturated rings. The molecule has 132 valence electrons. The highest BCUT2D eigenvalue weighted by Gasteiger charge is 2.26. The van der Waals surface area contributed by atoms with Crippen molar-refractivity contribution >= 4 is 6.09 Å². The maximum atomic E-state index is 12.2. The van der Waals surface area contributed by atoms with Gasteiger partial charge in [-0.2, -0.15) is 5.26 Å². The molecule has 1 amide bonds. The van der Waals surface area contributed by atoms with E-state index in [1.165, 1.54) is 0 Å². The molecule has 1 aromatic carbocycles. The third kappa shape index (κ3) is 4.04. The lowest BCUT2D eigenvalue weighted by molar-refractivity contribution is 0.0199. The third-order valence-corrected chi connectivity index (χ3v) is 3.85. The molecule has 0 unspecified atom stereocenters. The van der Waals surface area contributed by atoms with Crippen molar-refractivity contribution in [3.8, 4) is 17.9 Å². The van der Waals surface area contributed by atoms with Gasteiger partial charge in [0.25, 0.3) is 0 Å². The largest absolute Gasteiger partial charge is 0.444 e. The van der Waals surface area contributed by atoms with Gasteiger partial charge >= 0.3 is 6.09 Å². The Balaban J connectivity index is 1.75. The smallest absolute Gasteiger partial charge is 0.410 e. The van der Waals surface area contributed by atoms with Gasteiger partial charge < -0.3 is 14.2 Å². The number of carbonyl (C=O) groups excluding carboxylic acids is 1. The van der Waals surface area contributed by atoms with Crippen molar-refractivity contribution in [1.29, 1.82) is 5.26 Å². The summed E-state index contributed by atoms with van der Waals surface area (Å²) in [7, 11) is 0. The normalized spacial score (nSPS) is 13.2. The van der Waals surface area contributed by atoms with Crippen molar-refractivity contribution < 1.29 is 9.53 Å². The van der Waals surface area contributed by atoms with Crippen molar-refractivity contribution in [2.24, 2.45) is 0 Å². The molecule has 1 aromatic heterocycles. The Morgan fingerprint density at radius 3 is 2.73 bits per heavy atom. The predicted molar refractivity (Wildman–Crippen MR) is 96.0 cm³/mol. The summed E-state index contributed by atoms with van der Waals surface area (Å²) in [6, 6.07) is 9.26. The summed E-state index contributed by atoms with van der Waals surface area (Å²) in [5.41, 5.74) is 1.77. The Morgan fingerprint density at radius 1 is 1.23 bits per heavy atom. The molecule has 0 spiro atoms. The molecule has 2 heterocycles. The SMILES string of the molecule is CC(C)(C)OC(=O)N1CCn2c(cnc2C#Cc2cccc(C#N)c2)C1. The summed E-state index contributed by atoms with van der Waals surface area (Å²) in [5, 5.41) is 8.96. The van der Waals surface area contributed by atoms with Gasteiger partial charge in [-0.3, -0.25) is 0 Å². The minimum Gasteiger partial charge on any atom is -0.444 e. The van der Waals surface area contributed by atoms with E-state index in [-0.39, 0.29) is 6.09 Å². The van der Waals surface area contributed by atoms with Gasteiger partial charge in [-0.1, -0.05) is 12.0 Å². The van der Waals surface area contributed by atoms with Crippen LogP contribution in [0.15, 0.2) is 30.5 Å². The molecule has 0 radical (unpaired) electrons. The van der Waals surface area contributed by atoms with Crippen LogP contribution in [-0.2, 0) is 17.8 Å². The van der Waals surface area contributed by atoms with Crippen LogP contribution in [0.25, 0.3) is 0 Å². The molecular formula is C20H20N4O2. The molecule has 3 rings (SSSR count). The monoisotopic (exact) mass is 348 g/mol. The third-order valence-electron chi connectivity index (χ3n) is 3.85. The van der Waals surface area contributed by atoms with Gasteiger partial charge in [0.1, 0.15) is 5.60 Å². The molecule has 1 aliphatic rings. The first-order valence-electron chi connectivity index (χ1n) is 8.40. The first-order chi connectivity index (χ1) is 12.4. The Hall–Kier alpha value is -3.25. The summed E-state index contributed by atoms with van der Waals surface area (Å²) in [6.45, 7) is 7.19. The summed E-state index contributed by atoms with van der Waals surface area (Å²) < 4.78 is 7.45. The number of benzene rings is 1. The molecule has 0 atom stereocenters. The molecule has 2 aromatic rings. The van der Waals surface area contributed by atoms with E-state index in [1.54, 1.807) is 23.2 Å². The number of aromatic nitrogens is 2. The number of hydrogen-bond donors (Lipinski definition) is 0. The maximum Gasteiger partial charge on any atom is 0.410 e. The van der Waals surface area contributed by atoms with Crippen molar-refractivity contribution in [2.45, 2.75) is 39.5 Å². The highest BCUT2D eigenvalue weighted by molar-refractivity contribution is 5.68. The van der Waals surface area contributed by atoms with Gasteiger partial charge in [-0.15, -0.1) is 0 Å². The molecule has 0 bridgehead atoms. The highest BCUT2D eigenvalue weighted by Crippen LogP contribution is 2.18. The highest BCUT2D eigenvalue weighted by atomic mass is 16.6. The molecule has 6 nitrogen and oxygen atoms in total. The van der Waals surface area contributed by atoms with Crippen molar-refractivity contribution in [3.63, 3.8) is 0 Å². The second-order valence-electron chi connectivity index (χ2n) is 7.07. The number of hydrogen-bond acceptors (Lipinski definition) is 4. The van der Waals surface area contributed by atoms with E-state index < -0.39 is 5.60 Å². The van der Waals surface area contributed by atoms with Gasteiger partial charge in [0.2, 0.25) is 0 Å². The van der Waals surface area contributed by atoms with Crippen LogP contribution in [-0.4, -0.2) is 32.7 Å². The van der Waals surface area contributed by atoms with Crippen LogP contribution in [0.2, 0.25) is 0 Å². The number of fused-ring (bicyclic) bond motifs is 1. The van der Waals surface area contributed by atoms with E-state index in [1.807, 2.05) is 37.5 Å². The molecule has 0 saturated heterocycles. The summed E-state index contributed by atoms with van der Waals surface area (Å²) in [5.74, 6) is 6.77. The number of rotatable bonds is 0. The number of carbonyl (C=O) groups is 1. The van der Waals surface area contributed by atoms with Crippen LogP contribution in [0.4, 0.5) is 4.79 Å². The van der Waals surface area contributed by atoms with Crippen LogP contribution in [0.5, 0.6) is 0 Å². The fraction of sp³-hybridized carbons (Fsp3) is 0.350. The molecule has 6 heteroatoms. The number of imidazole rings is 1. The quantitative estimate of drug-likeness (QED) is 0.686. The standard InChI is InChI=1S/C20H20N4O2/c1-20(2,3)26-19(25)23-9-10-24-17(14-23)13-22-18(24)8-7-15-5-4-6-16(11-15)12-21/h4-6,11,13H,9-10,14H2,1-3H3. The number of amides is 1. The van der Waals surface area contributed by atoms with Gasteiger partial charge in [-0.25, -0.2) is 9.78 Å². The molecule has 0 saturated carbocycles. The number of nitrogens with zero attached hydrogens (tertiary/aromatic N) is 4. The first kappa shape index (κ1) is 17.6. The second kappa shape index (κ2) is 6.93. The maximum absolute atomic E-state index is 12.2. The summed E-state index contributed by atoms with van der Waals surface area (Å²) in [4.78, 5) is 18.3. The van der Waals surface area contributed by atoms with E-state index in [2.05, 4.69) is 22.9 Å². The minimum atomic E-state index is -0.511. The minimum absolute atomic E-state index is 0.314. The summed E-state index contributed by atoms with van der Waals surface area (Å²) in [6.07, 6.45) is 1.43. The summed E-state index contributed by atoms with van der Waals surface area (Å²) >= 11 is 0. The zero-order valence-corrected chi connectivity index (χ0v) is 15.1. The predicted octanol–water partition coefficient (Wildman–Crippen LogP) is 2.91. The van der Waals surface area contributed by atoms with E-state index in [0.717, 1.165) is 11.3 Å². The lowest BCUT2D eigenvalue weighted by atomic mass is 10.1. The average Bonchev–Trinajstić information content (AvgIpc) is 3.01. The Bertz CT molecular complexity index is 935. The lowest BCUT2D eigenvalue weighted by Crippen LogP contribution is -2.41. The van der Waals surface area contributed by atoms with Crippen molar-refractivity contribution in [3.05, 3.63) is 53.1 Å². The van der Waals surface area contributed by atoms with Gasteiger partial charge in [0, 0.05) is 18.7 Å². The molecule has 0 N–H and O–H groups in total. The van der Waals surface area contributed by atoms with E-state index in [4.69, 9.17) is 10.00 Å². The van der Waals surface area contributed by atoms with Crippen LogP contribution < -0.4 is 0 Å². The van der Waals surface area contributed by atoms with E-state index >= 15 is 0 Å². The van der Waals surface area contributed by atoms with Crippen molar-refractivity contribution in [2.75, 3.05) is 6.54 Å². The number of ether oxygens (including phenoxy) is 1. The lowest BCUT2D eigenvalue weighted by Gasteiger charge is -2.30. The zero-order chi connectivity index (χ0) is 18.7. The Morgan fingerprint density at radius 2 is 2.00 bits per heavy atom. The zero-order valence-electron chi connectivity index (χ0n) is 15.1. The fourth-order valence-corrected chi connectivity index (χ4v) is 2.66. The molecule has 0 aliphatic carbocycles. The Kier molecular flexibility index (Phi) is 4.69. The number of nitriles is 1. The van der Waals surface area contributed by atoms with E-state index in [0.29, 0.717) is 31.0 Å². The second-order valence-corrected chi connectivity index (χ2v) is 7.07. The topological polar surface area (TPSA) is 71.2 Å². The van der Waals surface area contributed by atoms with Crippen LogP contribution in [0, 0.1) is 23.2 Å². The average molecular weight is 348 g/mol. The molecule has 1 aliphatic heterocycles. The van der Waals surface area contributed by atoms with Crippen LogP contribution in [0.1, 0.15) is 43.4 Å². The van der Waals surface area contributed by atoms with Crippen molar-refractivity contribution in [1.82, 2.24) is 14.5 Å². The van der Waals surface area contributed by atoms with Gasteiger partial charge in [-0.05, 0) is 44.9 Å². The fourth-order valence-electron chi connectivity index (χ4n) is 2.66.